The average molecular weight is 389 g/mol. The van der Waals surface area contributed by atoms with E-state index in [1.807, 2.05) is 6.07 Å². The molecule has 1 atom stereocenters. The molecule has 4 aromatic rings. The Labute approximate surface area is 170 Å². The fraction of sp³-hybridized carbons (Fsp3) is 0.231. The van der Waals surface area contributed by atoms with Gasteiger partial charge in [0.1, 0.15) is 5.82 Å². The quantitative estimate of drug-likeness (QED) is 0.292. The molecule has 1 aliphatic rings. The zero-order valence-electron chi connectivity index (χ0n) is 16.1. The molecule has 28 heavy (non-hydrogen) atoms. The summed E-state index contributed by atoms with van der Waals surface area (Å²) in [6.45, 7) is 4.66. The molecule has 0 saturated carbocycles. The lowest BCUT2D eigenvalue weighted by atomic mass is 9.65. The molecule has 0 radical (unpaired) electrons. The monoisotopic (exact) mass is 388 g/mol. The van der Waals surface area contributed by atoms with E-state index in [9.17, 15) is 4.39 Å². The molecular weight excluding hydrogens is 367 g/mol. The number of hydrogen-bond acceptors (Lipinski definition) is 0. The summed E-state index contributed by atoms with van der Waals surface area (Å²) >= 11 is 6.06. The normalized spacial score (nSPS) is 18.4. The highest BCUT2D eigenvalue weighted by atomic mass is 35.5. The first-order valence-corrected chi connectivity index (χ1v) is 10.2. The lowest BCUT2D eigenvalue weighted by Crippen LogP contribution is -2.29. The van der Waals surface area contributed by atoms with Crippen molar-refractivity contribution in [1.29, 1.82) is 0 Å². The van der Waals surface area contributed by atoms with Gasteiger partial charge in [-0.15, -0.1) is 0 Å². The van der Waals surface area contributed by atoms with Gasteiger partial charge in [0.15, 0.2) is 0 Å². The van der Waals surface area contributed by atoms with Crippen LogP contribution in [-0.2, 0) is 11.8 Å². The lowest BCUT2D eigenvalue weighted by Gasteiger charge is -2.39. The average Bonchev–Trinajstić information content (AvgIpc) is 2.68. The predicted octanol–water partition coefficient (Wildman–Crippen LogP) is 7.79. The first kappa shape index (κ1) is 17.7. The van der Waals surface area contributed by atoms with Crippen molar-refractivity contribution in [3.8, 4) is 0 Å². The Morgan fingerprint density at radius 1 is 0.893 bits per heavy atom. The van der Waals surface area contributed by atoms with Crippen LogP contribution in [-0.4, -0.2) is 0 Å². The van der Waals surface area contributed by atoms with E-state index in [0.717, 1.165) is 18.4 Å². The van der Waals surface area contributed by atoms with Crippen LogP contribution in [0.3, 0.4) is 0 Å². The van der Waals surface area contributed by atoms with Crippen LogP contribution < -0.4 is 0 Å². The number of hydrogen-bond donors (Lipinski definition) is 0. The minimum atomic E-state index is -0.348. The van der Waals surface area contributed by atoms with Gasteiger partial charge < -0.3 is 0 Å². The Morgan fingerprint density at radius 2 is 1.68 bits per heavy atom. The molecule has 0 bridgehead atoms. The van der Waals surface area contributed by atoms with Gasteiger partial charge in [0.2, 0.25) is 0 Å². The van der Waals surface area contributed by atoms with Gasteiger partial charge in [0.25, 0.3) is 0 Å². The third kappa shape index (κ3) is 2.72. The van der Waals surface area contributed by atoms with Crippen molar-refractivity contribution in [1.82, 2.24) is 0 Å². The summed E-state index contributed by atoms with van der Waals surface area (Å²) in [4.78, 5) is 0. The van der Waals surface area contributed by atoms with E-state index >= 15 is 0 Å². The van der Waals surface area contributed by atoms with Crippen molar-refractivity contribution in [2.24, 2.45) is 0 Å². The van der Waals surface area contributed by atoms with Crippen molar-refractivity contribution >= 4 is 33.1 Å². The minimum Gasteiger partial charge on any atom is -0.205 e. The van der Waals surface area contributed by atoms with Crippen LogP contribution in [0.15, 0.2) is 66.7 Å². The van der Waals surface area contributed by atoms with Crippen LogP contribution in [0.2, 0.25) is 5.02 Å². The second-order valence-electron chi connectivity index (χ2n) is 8.64. The van der Waals surface area contributed by atoms with Crippen molar-refractivity contribution < 1.29 is 4.39 Å². The van der Waals surface area contributed by atoms with Crippen molar-refractivity contribution in [3.63, 3.8) is 0 Å². The Balaban J connectivity index is 1.68. The summed E-state index contributed by atoms with van der Waals surface area (Å²) in [6, 6.07) is 22.9. The standard InChI is InChI=1S/C26H22ClF/c1-26(2)15-19(17-9-12-24(28)23(27)14-17)13-18-8-10-21-20-6-4-3-5-16(20)7-11-22(21)25(18)26/h3-12,14,19H,13,15H2,1-2H3. The first-order valence-electron chi connectivity index (χ1n) is 9.83. The van der Waals surface area contributed by atoms with E-state index in [4.69, 9.17) is 11.6 Å². The third-order valence-corrected chi connectivity index (χ3v) is 6.62. The van der Waals surface area contributed by atoms with E-state index in [0.29, 0.717) is 5.92 Å². The molecule has 1 unspecified atom stereocenters. The molecule has 0 amide bonds. The lowest BCUT2D eigenvalue weighted by molar-refractivity contribution is 0.395. The maximum absolute atomic E-state index is 13.6. The maximum Gasteiger partial charge on any atom is 0.141 e. The predicted molar refractivity (Wildman–Crippen MR) is 117 cm³/mol. The zero-order chi connectivity index (χ0) is 19.5. The van der Waals surface area contributed by atoms with Gasteiger partial charge >= 0.3 is 0 Å². The number of rotatable bonds is 1. The molecule has 0 spiro atoms. The topological polar surface area (TPSA) is 0 Å². The van der Waals surface area contributed by atoms with Crippen LogP contribution >= 0.6 is 11.6 Å². The Kier molecular flexibility index (Phi) is 4.00. The van der Waals surface area contributed by atoms with Crippen LogP contribution in [0.5, 0.6) is 0 Å². The zero-order valence-corrected chi connectivity index (χ0v) is 16.9. The second-order valence-corrected chi connectivity index (χ2v) is 9.05. The van der Waals surface area contributed by atoms with Crippen molar-refractivity contribution in [2.45, 2.75) is 38.0 Å². The van der Waals surface area contributed by atoms with Crippen LogP contribution in [0, 0.1) is 5.82 Å². The van der Waals surface area contributed by atoms with Gasteiger partial charge in [-0.1, -0.05) is 80.0 Å². The summed E-state index contributed by atoms with van der Waals surface area (Å²) < 4.78 is 13.6. The Morgan fingerprint density at radius 3 is 2.50 bits per heavy atom. The second kappa shape index (κ2) is 6.32. The minimum absolute atomic E-state index is 0.0288. The fourth-order valence-corrected chi connectivity index (χ4v) is 5.35. The first-order chi connectivity index (χ1) is 13.4. The summed E-state index contributed by atoms with van der Waals surface area (Å²) in [5.74, 6) is -0.00253. The molecule has 0 fully saturated rings. The van der Waals surface area contributed by atoms with Gasteiger partial charge in [-0.05, 0) is 74.5 Å². The molecule has 0 nitrogen and oxygen atoms in total. The van der Waals surface area contributed by atoms with E-state index in [-0.39, 0.29) is 16.3 Å². The molecule has 0 saturated heterocycles. The highest BCUT2D eigenvalue weighted by Crippen LogP contribution is 2.47. The van der Waals surface area contributed by atoms with Gasteiger partial charge in [0, 0.05) is 0 Å². The molecular formula is C26H22ClF. The van der Waals surface area contributed by atoms with Gasteiger partial charge in [-0.2, -0.15) is 0 Å². The molecule has 140 valence electrons. The van der Waals surface area contributed by atoms with Gasteiger partial charge in [-0.25, -0.2) is 4.39 Å². The van der Waals surface area contributed by atoms with E-state index < -0.39 is 0 Å². The van der Waals surface area contributed by atoms with E-state index in [2.05, 4.69) is 62.4 Å². The van der Waals surface area contributed by atoms with Gasteiger partial charge in [0.05, 0.1) is 5.02 Å². The number of benzene rings is 4. The molecule has 5 rings (SSSR count). The molecule has 0 N–H and O–H groups in total. The van der Waals surface area contributed by atoms with Crippen LogP contribution in [0.25, 0.3) is 21.5 Å². The summed E-state index contributed by atoms with van der Waals surface area (Å²) in [6.07, 6.45) is 1.98. The van der Waals surface area contributed by atoms with Crippen LogP contribution in [0.1, 0.15) is 42.9 Å². The smallest absolute Gasteiger partial charge is 0.141 e. The summed E-state index contributed by atoms with van der Waals surface area (Å²) in [5, 5.41) is 5.49. The molecule has 1 aliphatic carbocycles. The third-order valence-electron chi connectivity index (χ3n) is 6.33. The van der Waals surface area contributed by atoms with Crippen molar-refractivity contribution in [3.05, 3.63) is 94.3 Å². The Bertz CT molecular complexity index is 1220. The molecule has 4 aromatic carbocycles. The highest BCUT2D eigenvalue weighted by molar-refractivity contribution is 6.30. The fourth-order valence-electron chi connectivity index (χ4n) is 5.16. The molecule has 0 aromatic heterocycles. The summed E-state index contributed by atoms with van der Waals surface area (Å²) in [7, 11) is 0. The maximum atomic E-state index is 13.6. The number of fused-ring (bicyclic) bond motifs is 5. The van der Waals surface area contributed by atoms with E-state index in [1.165, 1.54) is 38.7 Å². The van der Waals surface area contributed by atoms with Crippen LogP contribution in [0.4, 0.5) is 4.39 Å². The SMILES string of the molecule is CC1(C)CC(c2ccc(F)c(Cl)c2)Cc2ccc3c(ccc4ccccc43)c21. The summed E-state index contributed by atoms with van der Waals surface area (Å²) in [5.41, 5.74) is 4.01. The largest absolute Gasteiger partial charge is 0.205 e. The highest BCUT2D eigenvalue weighted by Gasteiger charge is 2.35. The Hall–Kier alpha value is -2.38. The molecule has 0 heterocycles. The number of halogens is 2. The van der Waals surface area contributed by atoms with Crippen molar-refractivity contribution in [2.75, 3.05) is 0 Å². The molecule has 2 heteroatoms. The van der Waals surface area contributed by atoms with Gasteiger partial charge in [-0.3, -0.25) is 0 Å². The van der Waals surface area contributed by atoms with E-state index in [1.54, 1.807) is 6.07 Å². The molecule has 0 aliphatic heterocycles.